The first-order valence-corrected chi connectivity index (χ1v) is 8.39. The molecular formula is C18H20ClN3O2. The zero-order valence-electron chi connectivity index (χ0n) is 13.2. The van der Waals surface area contributed by atoms with E-state index in [4.69, 9.17) is 11.6 Å². The van der Waals surface area contributed by atoms with Gasteiger partial charge in [0.1, 0.15) is 0 Å². The second kappa shape index (κ2) is 7.64. The summed E-state index contributed by atoms with van der Waals surface area (Å²) >= 11 is 6.03. The molecule has 2 aromatic rings. The van der Waals surface area contributed by atoms with E-state index in [1.165, 1.54) is 0 Å². The number of rotatable bonds is 6. The number of aliphatic hydroxyl groups is 1. The van der Waals surface area contributed by atoms with Gasteiger partial charge in [0.2, 0.25) is 0 Å². The van der Waals surface area contributed by atoms with Crippen LogP contribution in [0.1, 0.15) is 18.4 Å². The van der Waals surface area contributed by atoms with Crippen molar-refractivity contribution in [2.45, 2.75) is 25.4 Å². The van der Waals surface area contributed by atoms with E-state index in [2.05, 4.69) is 10.3 Å². The predicted molar refractivity (Wildman–Crippen MR) is 93.8 cm³/mol. The molecule has 24 heavy (non-hydrogen) atoms. The maximum absolute atomic E-state index is 12.8. The highest BCUT2D eigenvalue weighted by Gasteiger charge is 2.37. The molecule has 1 aliphatic carbocycles. The van der Waals surface area contributed by atoms with E-state index in [0.29, 0.717) is 18.2 Å². The molecule has 0 aliphatic heterocycles. The van der Waals surface area contributed by atoms with Gasteiger partial charge in [0.15, 0.2) is 5.15 Å². The number of aromatic nitrogens is 1. The van der Waals surface area contributed by atoms with Crippen LogP contribution in [0, 0.1) is 5.92 Å². The number of carbonyl (C=O) groups is 1. The minimum Gasteiger partial charge on any atom is -0.394 e. The molecule has 2 amide bonds. The van der Waals surface area contributed by atoms with E-state index in [1.807, 2.05) is 30.3 Å². The molecule has 1 aliphatic rings. The highest BCUT2D eigenvalue weighted by atomic mass is 35.5. The molecule has 0 spiro atoms. The molecule has 0 saturated heterocycles. The molecule has 2 N–H and O–H groups in total. The number of benzene rings is 1. The van der Waals surface area contributed by atoms with Crippen LogP contribution in [-0.2, 0) is 6.54 Å². The summed E-state index contributed by atoms with van der Waals surface area (Å²) in [5.74, 6) is 0.355. The monoisotopic (exact) mass is 345 g/mol. The van der Waals surface area contributed by atoms with Gasteiger partial charge in [-0.05, 0) is 36.5 Å². The Kier molecular flexibility index (Phi) is 5.33. The van der Waals surface area contributed by atoms with E-state index >= 15 is 0 Å². The fourth-order valence-electron chi connectivity index (χ4n) is 2.77. The van der Waals surface area contributed by atoms with E-state index in [-0.39, 0.29) is 23.8 Å². The van der Waals surface area contributed by atoms with Crippen molar-refractivity contribution in [2.24, 2.45) is 5.92 Å². The van der Waals surface area contributed by atoms with Crippen molar-refractivity contribution in [1.82, 2.24) is 9.88 Å². The number of amides is 2. The Morgan fingerprint density at radius 2 is 2.04 bits per heavy atom. The molecule has 6 heteroatoms. The number of nitrogens with one attached hydrogen (secondary N) is 1. The number of aliphatic hydroxyl groups excluding tert-OH is 1. The van der Waals surface area contributed by atoms with Gasteiger partial charge < -0.3 is 15.3 Å². The highest BCUT2D eigenvalue weighted by molar-refractivity contribution is 6.32. The Bertz CT molecular complexity index is 692. The molecule has 3 rings (SSSR count). The van der Waals surface area contributed by atoms with Crippen molar-refractivity contribution in [1.29, 1.82) is 0 Å². The molecule has 1 heterocycles. The Morgan fingerprint density at radius 3 is 2.67 bits per heavy atom. The van der Waals surface area contributed by atoms with E-state index in [1.54, 1.807) is 23.2 Å². The number of anilines is 1. The van der Waals surface area contributed by atoms with Gasteiger partial charge in [-0.3, -0.25) is 0 Å². The number of pyridine rings is 1. The van der Waals surface area contributed by atoms with Crippen LogP contribution >= 0.6 is 11.6 Å². The molecule has 126 valence electrons. The summed E-state index contributed by atoms with van der Waals surface area (Å²) in [7, 11) is 0. The molecule has 0 bridgehead atoms. The molecule has 0 radical (unpaired) electrons. The van der Waals surface area contributed by atoms with Gasteiger partial charge in [-0.1, -0.05) is 41.9 Å². The summed E-state index contributed by atoms with van der Waals surface area (Å²) in [6, 6.07) is 12.7. The van der Waals surface area contributed by atoms with Gasteiger partial charge in [0, 0.05) is 12.7 Å². The van der Waals surface area contributed by atoms with Crippen molar-refractivity contribution in [3.63, 3.8) is 0 Å². The van der Waals surface area contributed by atoms with Crippen molar-refractivity contribution in [2.75, 3.05) is 11.9 Å². The lowest BCUT2D eigenvalue weighted by Gasteiger charge is -2.31. The first-order valence-electron chi connectivity index (χ1n) is 8.02. The zero-order chi connectivity index (χ0) is 16.9. The van der Waals surface area contributed by atoms with Crippen LogP contribution in [0.5, 0.6) is 0 Å². The lowest BCUT2D eigenvalue weighted by molar-refractivity contribution is 0.124. The van der Waals surface area contributed by atoms with Crippen LogP contribution < -0.4 is 5.32 Å². The standard InChI is InChI=1S/C18H20ClN3O2/c19-17-15(7-4-10-20-17)21-18(24)22(16(12-23)14-8-9-14)11-13-5-2-1-3-6-13/h1-7,10,14,16,23H,8-9,11-12H2,(H,21,24). The van der Waals surface area contributed by atoms with Crippen LogP contribution in [0.15, 0.2) is 48.7 Å². The van der Waals surface area contributed by atoms with Gasteiger partial charge >= 0.3 is 6.03 Å². The number of halogens is 1. The average molecular weight is 346 g/mol. The van der Waals surface area contributed by atoms with Crippen LogP contribution in [0.2, 0.25) is 5.15 Å². The van der Waals surface area contributed by atoms with Crippen LogP contribution in [0.3, 0.4) is 0 Å². The highest BCUT2D eigenvalue weighted by Crippen LogP contribution is 2.36. The summed E-state index contributed by atoms with van der Waals surface area (Å²) in [6.07, 6.45) is 3.65. The minimum absolute atomic E-state index is 0.0499. The Morgan fingerprint density at radius 1 is 1.29 bits per heavy atom. The Labute approximate surface area is 146 Å². The quantitative estimate of drug-likeness (QED) is 0.787. The third-order valence-electron chi connectivity index (χ3n) is 4.21. The average Bonchev–Trinajstić information content (AvgIpc) is 3.42. The van der Waals surface area contributed by atoms with Crippen molar-refractivity contribution >= 4 is 23.3 Å². The molecule has 1 atom stereocenters. The van der Waals surface area contributed by atoms with Crippen LogP contribution in [0.25, 0.3) is 0 Å². The second-order valence-corrected chi connectivity index (χ2v) is 6.33. The van der Waals surface area contributed by atoms with Crippen molar-refractivity contribution in [3.05, 3.63) is 59.4 Å². The normalized spacial score (nSPS) is 14.9. The third kappa shape index (κ3) is 4.04. The molecule has 1 aromatic heterocycles. The number of carbonyl (C=O) groups excluding carboxylic acids is 1. The topological polar surface area (TPSA) is 65.5 Å². The van der Waals surface area contributed by atoms with Gasteiger partial charge in [-0.2, -0.15) is 0 Å². The minimum atomic E-state index is -0.278. The fourth-order valence-corrected chi connectivity index (χ4v) is 2.94. The number of hydrogen-bond acceptors (Lipinski definition) is 3. The summed E-state index contributed by atoms with van der Waals surface area (Å²) in [4.78, 5) is 18.5. The van der Waals surface area contributed by atoms with E-state index in [9.17, 15) is 9.90 Å². The fraction of sp³-hybridized carbons (Fsp3) is 0.333. The van der Waals surface area contributed by atoms with E-state index in [0.717, 1.165) is 18.4 Å². The van der Waals surface area contributed by atoms with Gasteiger partial charge in [-0.15, -0.1) is 0 Å². The Hall–Kier alpha value is -2.11. The molecular weight excluding hydrogens is 326 g/mol. The summed E-state index contributed by atoms with van der Waals surface area (Å²) in [5, 5.41) is 12.9. The van der Waals surface area contributed by atoms with E-state index < -0.39 is 0 Å². The maximum atomic E-state index is 12.8. The SMILES string of the molecule is O=C(Nc1cccnc1Cl)N(Cc1ccccc1)C(CO)C1CC1. The van der Waals surface area contributed by atoms with Crippen molar-refractivity contribution in [3.8, 4) is 0 Å². The lowest BCUT2D eigenvalue weighted by atomic mass is 10.1. The number of hydrogen-bond donors (Lipinski definition) is 2. The number of urea groups is 1. The smallest absolute Gasteiger partial charge is 0.322 e. The van der Waals surface area contributed by atoms with Crippen molar-refractivity contribution < 1.29 is 9.90 Å². The van der Waals surface area contributed by atoms with Gasteiger partial charge in [0.05, 0.1) is 18.3 Å². The van der Waals surface area contributed by atoms with Gasteiger partial charge in [0.25, 0.3) is 0 Å². The number of nitrogens with zero attached hydrogens (tertiary/aromatic N) is 2. The second-order valence-electron chi connectivity index (χ2n) is 5.97. The van der Waals surface area contributed by atoms with Gasteiger partial charge in [-0.25, -0.2) is 9.78 Å². The first kappa shape index (κ1) is 16.7. The summed E-state index contributed by atoms with van der Waals surface area (Å²) < 4.78 is 0. The molecule has 1 saturated carbocycles. The Balaban J connectivity index is 1.80. The molecule has 1 unspecified atom stereocenters. The maximum Gasteiger partial charge on any atom is 0.322 e. The molecule has 1 aromatic carbocycles. The predicted octanol–water partition coefficient (Wildman–Crippen LogP) is 3.54. The zero-order valence-corrected chi connectivity index (χ0v) is 14.0. The first-order chi connectivity index (χ1) is 11.7. The van der Waals surface area contributed by atoms with Crippen LogP contribution in [-0.4, -0.2) is 33.7 Å². The molecule has 1 fully saturated rings. The lowest BCUT2D eigenvalue weighted by Crippen LogP contribution is -2.45. The largest absolute Gasteiger partial charge is 0.394 e. The molecule has 5 nitrogen and oxygen atoms in total. The third-order valence-corrected chi connectivity index (χ3v) is 4.51. The summed E-state index contributed by atoms with van der Waals surface area (Å²) in [6.45, 7) is 0.387. The summed E-state index contributed by atoms with van der Waals surface area (Å²) in [5.41, 5.74) is 1.48. The van der Waals surface area contributed by atoms with Crippen LogP contribution in [0.4, 0.5) is 10.5 Å².